The van der Waals surface area contributed by atoms with E-state index in [2.05, 4.69) is 0 Å². The molecule has 0 aliphatic rings. The summed E-state index contributed by atoms with van der Waals surface area (Å²) in [5.74, 6) is -0.803. The highest BCUT2D eigenvalue weighted by Crippen LogP contribution is 2.58. The molecule has 0 aliphatic heterocycles. The summed E-state index contributed by atoms with van der Waals surface area (Å²) >= 11 is 0. The first-order chi connectivity index (χ1) is 13.3. The van der Waals surface area contributed by atoms with Gasteiger partial charge < -0.3 is 14.4 Å². The second kappa shape index (κ2) is 10.9. The third-order valence-electron chi connectivity index (χ3n) is 4.16. The van der Waals surface area contributed by atoms with Crippen molar-refractivity contribution in [2.24, 2.45) is 11.8 Å². The van der Waals surface area contributed by atoms with E-state index in [1.54, 1.807) is 18.2 Å². The maximum Gasteiger partial charge on any atom is 0.392 e. The summed E-state index contributed by atoms with van der Waals surface area (Å²) in [6, 6.07) is 16.2. The molecule has 0 fully saturated rings. The van der Waals surface area contributed by atoms with Gasteiger partial charge in [0.05, 0.1) is 18.8 Å². The average Bonchev–Trinajstić information content (AvgIpc) is 2.67. The molecule has 2 aromatic carbocycles. The summed E-state index contributed by atoms with van der Waals surface area (Å²) in [6.45, 7) is 9.06. The van der Waals surface area contributed by atoms with Crippen molar-refractivity contribution in [2.75, 3.05) is 13.2 Å². The molecule has 0 aliphatic carbocycles. The van der Waals surface area contributed by atoms with Crippen molar-refractivity contribution < 1.29 is 23.3 Å². The van der Waals surface area contributed by atoms with Crippen molar-refractivity contribution in [1.82, 2.24) is 0 Å². The molecule has 0 spiro atoms. The van der Waals surface area contributed by atoms with Crippen LogP contribution >= 0.6 is 7.60 Å². The number of hydrogen-bond donors (Lipinski definition) is 1. The molecule has 1 atom stereocenters. The van der Waals surface area contributed by atoms with E-state index in [0.717, 1.165) is 5.56 Å². The van der Waals surface area contributed by atoms with Gasteiger partial charge in [-0.2, -0.15) is 0 Å². The Hall–Kier alpha value is -1.52. The molecule has 2 aromatic rings. The summed E-state index contributed by atoms with van der Waals surface area (Å²) in [5.41, 5.74) is 1.40. The molecular formula is C22H32FNO3P+. The van der Waals surface area contributed by atoms with E-state index in [-0.39, 0.29) is 11.8 Å². The van der Waals surface area contributed by atoms with Crippen molar-refractivity contribution in [1.29, 1.82) is 0 Å². The van der Waals surface area contributed by atoms with Gasteiger partial charge >= 0.3 is 7.60 Å². The van der Waals surface area contributed by atoms with Crippen LogP contribution in [-0.2, 0) is 20.2 Å². The van der Waals surface area contributed by atoms with Gasteiger partial charge in [-0.15, -0.1) is 0 Å². The zero-order valence-electron chi connectivity index (χ0n) is 17.2. The lowest BCUT2D eigenvalue weighted by atomic mass is 10.2. The number of rotatable bonds is 11. The van der Waals surface area contributed by atoms with E-state index in [1.807, 2.05) is 63.3 Å². The predicted octanol–water partition coefficient (Wildman–Crippen LogP) is 5.13. The SMILES string of the molecule is CC(C)COP(=O)(OCC(C)C)[C@H]([NH2+]Cc1ccccc1)c1ccccc1F. The fourth-order valence-electron chi connectivity index (χ4n) is 2.71. The van der Waals surface area contributed by atoms with Gasteiger partial charge in [0, 0.05) is 5.56 Å². The summed E-state index contributed by atoms with van der Waals surface area (Å²) in [6.07, 6.45) is 0. The molecular weight excluding hydrogens is 376 g/mol. The minimum absolute atomic E-state index is 0.186. The van der Waals surface area contributed by atoms with Gasteiger partial charge in [-0.05, 0) is 24.0 Å². The minimum Gasteiger partial charge on any atom is -0.326 e. The maximum absolute atomic E-state index is 14.6. The normalized spacial score (nSPS) is 13.2. The minimum atomic E-state index is -3.62. The van der Waals surface area contributed by atoms with Crippen LogP contribution in [0.25, 0.3) is 0 Å². The lowest BCUT2D eigenvalue weighted by Gasteiger charge is -2.27. The number of quaternary nitrogens is 1. The maximum atomic E-state index is 14.6. The molecule has 154 valence electrons. The molecule has 0 bridgehead atoms. The molecule has 4 nitrogen and oxygen atoms in total. The Labute approximate surface area is 168 Å². The van der Waals surface area contributed by atoms with Crippen LogP contribution in [0.5, 0.6) is 0 Å². The number of nitrogens with two attached hydrogens (primary N) is 1. The van der Waals surface area contributed by atoms with E-state index < -0.39 is 19.2 Å². The van der Waals surface area contributed by atoms with Gasteiger partial charge in [-0.3, -0.25) is 4.57 Å². The summed E-state index contributed by atoms with van der Waals surface area (Å²) < 4.78 is 40.2. The van der Waals surface area contributed by atoms with Crippen LogP contribution in [-0.4, -0.2) is 13.2 Å². The van der Waals surface area contributed by atoms with Gasteiger partial charge in [0.1, 0.15) is 12.4 Å². The first-order valence-corrected chi connectivity index (χ1v) is 11.4. The number of benzene rings is 2. The van der Waals surface area contributed by atoms with E-state index in [1.165, 1.54) is 6.07 Å². The second-order valence-corrected chi connectivity index (χ2v) is 9.96. The zero-order valence-corrected chi connectivity index (χ0v) is 18.1. The van der Waals surface area contributed by atoms with Gasteiger partial charge in [0.15, 0.2) is 0 Å². The van der Waals surface area contributed by atoms with Crippen molar-refractivity contribution >= 4 is 7.60 Å². The van der Waals surface area contributed by atoms with Gasteiger partial charge in [-0.25, -0.2) is 4.39 Å². The third-order valence-corrected chi connectivity index (χ3v) is 6.35. The second-order valence-electron chi connectivity index (χ2n) is 7.81. The van der Waals surface area contributed by atoms with Crippen molar-refractivity contribution in [3.05, 3.63) is 71.5 Å². The summed E-state index contributed by atoms with van der Waals surface area (Å²) in [5, 5.41) is 1.86. The summed E-state index contributed by atoms with van der Waals surface area (Å²) in [4.78, 5) is 0. The molecule has 0 heterocycles. The zero-order chi connectivity index (χ0) is 20.6. The Kier molecular flexibility index (Phi) is 8.84. The first kappa shape index (κ1) is 22.8. The topological polar surface area (TPSA) is 52.1 Å². The first-order valence-electron chi connectivity index (χ1n) is 9.82. The Morgan fingerprint density at radius 3 is 1.96 bits per heavy atom. The fraction of sp³-hybridized carbons (Fsp3) is 0.455. The van der Waals surface area contributed by atoms with Crippen LogP contribution in [0.4, 0.5) is 4.39 Å². The molecule has 2 N–H and O–H groups in total. The lowest BCUT2D eigenvalue weighted by Crippen LogP contribution is -2.83. The average molecular weight is 408 g/mol. The van der Waals surface area contributed by atoms with Crippen LogP contribution in [0.3, 0.4) is 0 Å². The Balaban J connectivity index is 2.36. The van der Waals surface area contributed by atoms with E-state index in [4.69, 9.17) is 9.05 Å². The van der Waals surface area contributed by atoms with E-state index in [0.29, 0.717) is 25.3 Å². The molecule has 2 rings (SSSR count). The Morgan fingerprint density at radius 1 is 0.893 bits per heavy atom. The summed E-state index contributed by atoms with van der Waals surface area (Å²) in [7, 11) is -3.62. The van der Waals surface area contributed by atoms with Crippen molar-refractivity contribution in [3.63, 3.8) is 0 Å². The number of hydrogen-bond acceptors (Lipinski definition) is 3. The van der Waals surface area contributed by atoms with Crippen LogP contribution in [0.1, 0.15) is 44.6 Å². The standard InChI is InChI=1S/C22H31FNO3P/c1-17(2)15-26-28(25,27-16-18(3)4)22(20-12-8-9-13-21(20)23)24-14-19-10-6-5-7-11-19/h5-13,17-18,22,24H,14-16H2,1-4H3/p+1/t22-/m0/s1. The highest BCUT2D eigenvalue weighted by Gasteiger charge is 2.42. The highest BCUT2D eigenvalue weighted by atomic mass is 31.2. The van der Waals surface area contributed by atoms with Crippen LogP contribution in [0.15, 0.2) is 54.6 Å². The molecule has 0 saturated heterocycles. The van der Waals surface area contributed by atoms with Gasteiger partial charge in [-0.1, -0.05) is 70.2 Å². The molecule has 0 saturated carbocycles. The van der Waals surface area contributed by atoms with Gasteiger partial charge in [0.25, 0.3) is 0 Å². The lowest BCUT2D eigenvalue weighted by molar-refractivity contribution is -0.693. The molecule has 0 unspecified atom stereocenters. The largest absolute Gasteiger partial charge is 0.392 e. The molecule has 0 radical (unpaired) electrons. The van der Waals surface area contributed by atoms with E-state index >= 15 is 0 Å². The predicted molar refractivity (Wildman–Crippen MR) is 110 cm³/mol. The molecule has 0 amide bonds. The van der Waals surface area contributed by atoms with Crippen LogP contribution in [0, 0.1) is 17.7 Å². The highest BCUT2D eigenvalue weighted by molar-refractivity contribution is 7.54. The Bertz CT molecular complexity index is 751. The van der Waals surface area contributed by atoms with Crippen LogP contribution < -0.4 is 5.32 Å². The quantitative estimate of drug-likeness (QED) is 0.525. The molecule has 28 heavy (non-hydrogen) atoms. The van der Waals surface area contributed by atoms with Crippen molar-refractivity contribution in [2.45, 2.75) is 40.0 Å². The monoisotopic (exact) mass is 408 g/mol. The molecule has 0 aromatic heterocycles. The third kappa shape index (κ3) is 6.82. The van der Waals surface area contributed by atoms with E-state index in [9.17, 15) is 8.96 Å². The Morgan fingerprint density at radius 2 is 1.43 bits per heavy atom. The van der Waals surface area contributed by atoms with Gasteiger partial charge in [0.2, 0.25) is 5.78 Å². The van der Waals surface area contributed by atoms with Crippen molar-refractivity contribution in [3.8, 4) is 0 Å². The van der Waals surface area contributed by atoms with Crippen LogP contribution in [0.2, 0.25) is 0 Å². The smallest absolute Gasteiger partial charge is 0.326 e. The molecule has 6 heteroatoms. The number of halogens is 1. The fourth-order valence-corrected chi connectivity index (χ4v) is 5.03.